The van der Waals surface area contributed by atoms with E-state index in [1.807, 2.05) is 0 Å². The third-order valence-electron chi connectivity index (χ3n) is 2.36. The minimum Gasteiger partial charge on any atom is -0.376 e. The predicted octanol–water partition coefficient (Wildman–Crippen LogP) is 0.446. The van der Waals surface area contributed by atoms with E-state index in [4.69, 9.17) is 10.5 Å². The van der Waals surface area contributed by atoms with Crippen molar-refractivity contribution in [3.05, 3.63) is 0 Å². The highest BCUT2D eigenvalue weighted by atomic mass is 16.5. The van der Waals surface area contributed by atoms with Crippen molar-refractivity contribution in [3.63, 3.8) is 0 Å². The van der Waals surface area contributed by atoms with Gasteiger partial charge in [-0.05, 0) is 25.9 Å². The number of hydrogen-bond donors (Lipinski definition) is 1. The van der Waals surface area contributed by atoms with Gasteiger partial charge in [0.05, 0.1) is 12.7 Å². The summed E-state index contributed by atoms with van der Waals surface area (Å²) in [5.41, 5.74) is 5.45. The van der Waals surface area contributed by atoms with E-state index in [9.17, 15) is 0 Å². The first-order chi connectivity index (χ1) is 5.86. The number of nitrogens with two attached hydrogens (primary N) is 1. The average molecular weight is 172 g/mol. The SMILES string of the molecule is CCC1CN(CCCN)CCO1. The van der Waals surface area contributed by atoms with Crippen LogP contribution in [0.3, 0.4) is 0 Å². The molecule has 1 fully saturated rings. The molecule has 0 saturated carbocycles. The van der Waals surface area contributed by atoms with Gasteiger partial charge in [-0.1, -0.05) is 6.92 Å². The van der Waals surface area contributed by atoms with Crippen LogP contribution in [0, 0.1) is 0 Å². The molecule has 1 aliphatic heterocycles. The maximum absolute atomic E-state index is 5.56. The molecule has 2 N–H and O–H groups in total. The van der Waals surface area contributed by atoms with E-state index in [0.29, 0.717) is 6.10 Å². The van der Waals surface area contributed by atoms with E-state index >= 15 is 0 Å². The topological polar surface area (TPSA) is 38.5 Å². The molecule has 1 heterocycles. The molecule has 1 saturated heterocycles. The van der Waals surface area contributed by atoms with Crippen molar-refractivity contribution in [1.82, 2.24) is 4.90 Å². The molecule has 0 aliphatic carbocycles. The van der Waals surface area contributed by atoms with Gasteiger partial charge >= 0.3 is 0 Å². The molecule has 1 atom stereocenters. The lowest BCUT2D eigenvalue weighted by Crippen LogP contribution is -2.42. The van der Waals surface area contributed by atoms with Gasteiger partial charge in [0, 0.05) is 13.1 Å². The molecule has 0 radical (unpaired) electrons. The highest BCUT2D eigenvalue weighted by molar-refractivity contribution is 4.69. The van der Waals surface area contributed by atoms with Crippen molar-refractivity contribution >= 4 is 0 Å². The summed E-state index contributed by atoms with van der Waals surface area (Å²) >= 11 is 0. The molecule has 1 unspecified atom stereocenters. The zero-order valence-corrected chi connectivity index (χ0v) is 7.96. The van der Waals surface area contributed by atoms with Crippen molar-refractivity contribution in [2.45, 2.75) is 25.9 Å². The van der Waals surface area contributed by atoms with Crippen molar-refractivity contribution in [2.24, 2.45) is 5.73 Å². The number of ether oxygens (including phenoxy) is 1. The number of nitrogens with zero attached hydrogens (tertiary/aromatic N) is 1. The summed E-state index contributed by atoms with van der Waals surface area (Å²) in [5.74, 6) is 0. The first-order valence-corrected chi connectivity index (χ1v) is 4.90. The van der Waals surface area contributed by atoms with Crippen LogP contribution >= 0.6 is 0 Å². The third-order valence-corrected chi connectivity index (χ3v) is 2.36. The van der Waals surface area contributed by atoms with Gasteiger partial charge < -0.3 is 10.5 Å². The zero-order chi connectivity index (χ0) is 8.81. The standard InChI is InChI=1S/C9H20N2O/c1-2-9-8-11(5-3-4-10)6-7-12-9/h9H,2-8,10H2,1H3. The maximum Gasteiger partial charge on any atom is 0.0700 e. The van der Waals surface area contributed by atoms with Crippen LogP contribution in [-0.2, 0) is 4.74 Å². The van der Waals surface area contributed by atoms with E-state index < -0.39 is 0 Å². The summed E-state index contributed by atoms with van der Waals surface area (Å²) in [6.07, 6.45) is 2.69. The minimum atomic E-state index is 0.455. The van der Waals surface area contributed by atoms with Crippen LogP contribution in [0.2, 0.25) is 0 Å². The fourth-order valence-electron chi connectivity index (χ4n) is 1.55. The maximum atomic E-state index is 5.56. The largest absolute Gasteiger partial charge is 0.376 e. The van der Waals surface area contributed by atoms with Crippen LogP contribution in [0.25, 0.3) is 0 Å². The Kier molecular flexibility index (Phi) is 4.58. The fourth-order valence-corrected chi connectivity index (χ4v) is 1.55. The van der Waals surface area contributed by atoms with Gasteiger partial charge in [-0.3, -0.25) is 4.90 Å². The Balaban J connectivity index is 2.16. The molecule has 1 aliphatic rings. The second-order valence-corrected chi connectivity index (χ2v) is 3.34. The second kappa shape index (κ2) is 5.51. The van der Waals surface area contributed by atoms with Crippen LogP contribution in [0.1, 0.15) is 19.8 Å². The van der Waals surface area contributed by atoms with Gasteiger partial charge in [0.2, 0.25) is 0 Å². The summed E-state index contributed by atoms with van der Waals surface area (Å²) in [6, 6.07) is 0. The Morgan fingerprint density at radius 3 is 3.08 bits per heavy atom. The van der Waals surface area contributed by atoms with Gasteiger partial charge in [0.15, 0.2) is 0 Å². The molecule has 0 aromatic carbocycles. The van der Waals surface area contributed by atoms with Crippen molar-refractivity contribution < 1.29 is 4.74 Å². The first-order valence-electron chi connectivity index (χ1n) is 4.90. The second-order valence-electron chi connectivity index (χ2n) is 3.34. The number of hydrogen-bond acceptors (Lipinski definition) is 3. The van der Waals surface area contributed by atoms with Crippen molar-refractivity contribution in [2.75, 3.05) is 32.8 Å². The van der Waals surface area contributed by atoms with Crippen molar-refractivity contribution in [3.8, 4) is 0 Å². The third kappa shape index (κ3) is 3.09. The van der Waals surface area contributed by atoms with Crippen LogP contribution in [0.4, 0.5) is 0 Å². The molecule has 72 valence electrons. The van der Waals surface area contributed by atoms with E-state index in [1.165, 1.54) is 0 Å². The molecule has 0 spiro atoms. The molecule has 0 bridgehead atoms. The molecule has 3 heteroatoms. The molecular formula is C9H20N2O. The molecule has 0 amide bonds. The van der Waals surface area contributed by atoms with E-state index in [-0.39, 0.29) is 0 Å². The summed E-state index contributed by atoms with van der Waals surface area (Å²) in [6.45, 7) is 7.18. The van der Waals surface area contributed by atoms with Gasteiger partial charge in [0.1, 0.15) is 0 Å². The summed E-state index contributed by atoms with van der Waals surface area (Å²) in [4.78, 5) is 2.45. The Morgan fingerprint density at radius 2 is 2.42 bits per heavy atom. The monoisotopic (exact) mass is 172 g/mol. The lowest BCUT2D eigenvalue weighted by Gasteiger charge is -2.32. The molecule has 0 aromatic rings. The van der Waals surface area contributed by atoms with E-state index in [0.717, 1.165) is 45.6 Å². The first kappa shape index (κ1) is 9.96. The molecular weight excluding hydrogens is 152 g/mol. The fraction of sp³-hybridized carbons (Fsp3) is 1.00. The number of morpholine rings is 1. The Labute approximate surface area is 74.9 Å². The Bertz CT molecular complexity index is 119. The number of rotatable bonds is 4. The smallest absolute Gasteiger partial charge is 0.0700 e. The Hall–Kier alpha value is -0.120. The Morgan fingerprint density at radius 1 is 1.58 bits per heavy atom. The zero-order valence-electron chi connectivity index (χ0n) is 7.96. The lowest BCUT2D eigenvalue weighted by molar-refractivity contribution is -0.0296. The van der Waals surface area contributed by atoms with E-state index in [1.54, 1.807) is 0 Å². The summed E-state index contributed by atoms with van der Waals surface area (Å²) in [5, 5.41) is 0. The summed E-state index contributed by atoms with van der Waals surface area (Å²) in [7, 11) is 0. The molecule has 0 aromatic heterocycles. The van der Waals surface area contributed by atoms with Crippen LogP contribution < -0.4 is 5.73 Å². The molecule has 12 heavy (non-hydrogen) atoms. The van der Waals surface area contributed by atoms with Gasteiger partial charge in [-0.25, -0.2) is 0 Å². The van der Waals surface area contributed by atoms with Crippen LogP contribution in [-0.4, -0.2) is 43.8 Å². The van der Waals surface area contributed by atoms with Gasteiger partial charge in [-0.2, -0.15) is 0 Å². The average Bonchev–Trinajstić information content (AvgIpc) is 2.15. The molecule has 3 nitrogen and oxygen atoms in total. The summed E-state index contributed by atoms with van der Waals surface area (Å²) < 4.78 is 5.56. The van der Waals surface area contributed by atoms with Crippen molar-refractivity contribution in [1.29, 1.82) is 0 Å². The van der Waals surface area contributed by atoms with Gasteiger partial charge in [-0.15, -0.1) is 0 Å². The highest BCUT2D eigenvalue weighted by Gasteiger charge is 2.17. The lowest BCUT2D eigenvalue weighted by atomic mass is 10.2. The minimum absolute atomic E-state index is 0.455. The normalized spacial score (nSPS) is 26.0. The van der Waals surface area contributed by atoms with Gasteiger partial charge in [0.25, 0.3) is 0 Å². The predicted molar refractivity (Wildman–Crippen MR) is 50.1 cm³/mol. The quantitative estimate of drug-likeness (QED) is 0.669. The molecule has 1 rings (SSSR count). The highest BCUT2D eigenvalue weighted by Crippen LogP contribution is 2.07. The van der Waals surface area contributed by atoms with Crippen LogP contribution in [0.15, 0.2) is 0 Å². The van der Waals surface area contributed by atoms with Crippen LogP contribution in [0.5, 0.6) is 0 Å². The van der Waals surface area contributed by atoms with E-state index in [2.05, 4.69) is 11.8 Å².